The van der Waals surface area contributed by atoms with Crippen LogP contribution < -0.4 is 11.5 Å². The van der Waals surface area contributed by atoms with Crippen LogP contribution in [0.4, 0.5) is 0 Å². The van der Waals surface area contributed by atoms with E-state index in [2.05, 4.69) is 20.8 Å². The summed E-state index contributed by atoms with van der Waals surface area (Å²) in [6.45, 7) is 6.85. The Balaban J connectivity index is 3.50. The molecule has 0 aliphatic rings. The molecule has 0 aliphatic heterocycles. The summed E-state index contributed by atoms with van der Waals surface area (Å²) < 4.78 is 0. The molecule has 4 N–H and O–H groups in total. The zero-order chi connectivity index (χ0) is 13.9. The first-order chi connectivity index (χ1) is 8.52. The summed E-state index contributed by atoms with van der Waals surface area (Å²) in [7, 11) is 0. The van der Waals surface area contributed by atoms with Crippen molar-refractivity contribution >= 4 is 0 Å². The van der Waals surface area contributed by atoms with Crippen LogP contribution in [0.3, 0.4) is 0 Å². The lowest BCUT2D eigenvalue weighted by Crippen LogP contribution is -2.49. The summed E-state index contributed by atoms with van der Waals surface area (Å²) in [4.78, 5) is 0. The summed E-state index contributed by atoms with van der Waals surface area (Å²) in [5.41, 5.74) is 11.8. The minimum Gasteiger partial charge on any atom is -0.313 e. The van der Waals surface area contributed by atoms with E-state index in [9.17, 15) is 0 Å². The number of hydrogen-bond acceptors (Lipinski definition) is 2. The molecule has 0 spiro atoms. The Morgan fingerprint density at radius 1 is 0.778 bits per heavy atom. The molecule has 0 fully saturated rings. The molecule has 0 heterocycles. The van der Waals surface area contributed by atoms with E-state index in [0.29, 0.717) is 0 Å². The van der Waals surface area contributed by atoms with Crippen LogP contribution >= 0.6 is 0 Å². The quantitative estimate of drug-likeness (QED) is 0.397. The van der Waals surface area contributed by atoms with Gasteiger partial charge < -0.3 is 11.5 Å². The van der Waals surface area contributed by atoms with Gasteiger partial charge in [0.2, 0.25) is 0 Å². The van der Waals surface area contributed by atoms with Crippen molar-refractivity contribution in [2.75, 3.05) is 0 Å². The third-order valence-corrected chi connectivity index (χ3v) is 3.89. The van der Waals surface area contributed by atoms with Crippen molar-refractivity contribution in [3.8, 4) is 0 Å². The fraction of sp³-hybridized carbons (Fsp3) is 1.00. The van der Waals surface area contributed by atoms with Crippen molar-refractivity contribution in [3.63, 3.8) is 0 Å². The van der Waals surface area contributed by atoms with Crippen LogP contribution in [0, 0.1) is 5.92 Å². The molecule has 1 atom stereocenters. The van der Waals surface area contributed by atoms with E-state index in [-0.39, 0.29) is 0 Å². The highest BCUT2D eigenvalue weighted by Crippen LogP contribution is 2.19. The van der Waals surface area contributed by atoms with Crippen molar-refractivity contribution in [1.82, 2.24) is 0 Å². The van der Waals surface area contributed by atoms with Crippen molar-refractivity contribution in [1.29, 1.82) is 0 Å². The third kappa shape index (κ3) is 11.0. The molecule has 2 heteroatoms. The maximum atomic E-state index is 6.13. The van der Waals surface area contributed by atoms with E-state index in [1.54, 1.807) is 0 Å². The van der Waals surface area contributed by atoms with E-state index >= 15 is 0 Å². The molecule has 18 heavy (non-hydrogen) atoms. The predicted octanol–water partition coefficient (Wildman–Crippen LogP) is 4.57. The minimum absolute atomic E-state index is 0.415. The minimum atomic E-state index is -0.415. The third-order valence-electron chi connectivity index (χ3n) is 3.89. The van der Waals surface area contributed by atoms with Crippen molar-refractivity contribution in [2.24, 2.45) is 17.4 Å². The second-order valence-electron chi connectivity index (χ2n) is 6.18. The molecule has 0 aromatic carbocycles. The fourth-order valence-corrected chi connectivity index (χ4v) is 2.47. The Morgan fingerprint density at radius 2 is 1.28 bits per heavy atom. The van der Waals surface area contributed by atoms with Gasteiger partial charge in [-0.3, -0.25) is 0 Å². The Morgan fingerprint density at radius 3 is 1.83 bits per heavy atom. The van der Waals surface area contributed by atoms with E-state index in [1.807, 2.05) is 0 Å². The Hall–Kier alpha value is -0.0800. The van der Waals surface area contributed by atoms with Gasteiger partial charge in [-0.15, -0.1) is 0 Å². The van der Waals surface area contributed by atoms with Gasteiger partial charge in [0.25, 0.3) is 0 Å². The lowest BCUT2D eigenvalue weighted by molar-refractivity contribution is 0.339. The highest BCUT2D eigenvalue weighted by Gasteiger charge is 2.17. The molecule has 0 amide bonds. The topological polar surface area (TPSA) is 52.0 Å². The van der Waals surface area contributed by atoms with Crippen LogP contribution in [0.15, 0.2) is 0 Å². The zero-order valence-corrected chi connectivity index (χ0v) is 13.0. The molecule has 2 nitrogen and oxygen atoms in total. The summed E-state index contributed by atoms with van der Waals surface area (Å²) in [6.07, 6.45) is 13.5. The van der Waals surface area contributed by atoms with Gasteiger partial charge in [-0.25, -0.2) is 0 Å². The molecule has 1 unspecified atom stereocenters. The summed E-state index contributed by atoms with van der Waals surface area (Å²) >= 11 is 0. The molecule has 0 aliphatic carbocycles. The molecular weight excluding hydrogens is 220 g/mol. The Labute approximate surface area is 115 Å². The standard InChI is InChI=1S/C16H36N2/c1-4-6-9-13-16(17,18)14-10-8-12-15(3)11-7-5-2/h15H,4-14,17-18H2,1-3H3. The molecule has 110 valence electrons. The molecule has 0 bridgehead atoms. The van der Waals surface area contributed by atoms with Crippen LogP contribution in [-0.4, -0.2) is 5.66 Å². The zero-order valence-electron chi connectivity index (χ0n) is 13.0. The van der Waals surface area contributed by atoms with Gasteiger partial charge in [0.1, 0.15) is 0 Å². The Kier molecular flexibility index (Phi) is 10.8. The van der Waals surface area contributed by atoms with Crippen LogP contribution in [-0.2, 0) is 0 Å². The number of hydrogen-bond donors (Lipinski definition) is 2. The molecular formula is C16H36N2. The van der Waals surface area contributed by atoms with Gasteiger partial charge in [0.15, 0.2) is 0 Å². The van der Waals surface area contributed by atoms with Crippen LogP contribution in [0.1, 0.15) is 91.4 Å². The molecule has 0 aromatic heterocycles. The first-order valence-electron chi connectivity index (χ1n) is 8.09. The van der Waals surface area contributed by atoms with E-state index in [1.165, 1.54) is 57.8 Å². The second kappa shape index (κ2) is 10.8. The van der Waals surface area contributed by atoms with Gasteiger partial charge >= 0.3 is 0 Å². The van der Waals surface area contributed by atoms with Crippen LogP contribution in [0.2, 0.25) is 0 Å². The molecule has 0 saturated heterocycles. The van der Waals surface area contributed by atoms with Crippen molar-refractivity contribution in [2.45, 2.75) is 97.1 Å². The van der Waals surface area contributed by atoms with E-state index in [4.69, 9.17) is 11.5 Å². The smallest absolute Gasteiger partial charge is 0.0636 e. The second-order valence-corrected chi connectivity index (χ2v) is 6.18. The summed E-state index contributed by atoms with van der Waals surface area (Å²) in [5.74, 6) is 0.870. The Bertz CT molecular complexity index is 178. The average Bonchev–Trinajstić information content (AvgIpc) is 2.32. The first kappa shape index (κ1) is 17.9. The van der Waals surface area contributed by atoms with Gasteiger partial charge in [0.05, 0.1) is 5.66 Å². The lowest BCUT2D eigenvalue weighted by Gasteiger charge is -2.24. The monoisotopic (exact) mass is 256 g/mol. The highest BCUT2D eigenvalue weighted by atomic mass is 14.9. The van der Waals surface area contributed by atoms with E-state index < -0.39 is 5.66 Å². The summed E-state index contributed by atoms with van der Waals surface area (Å²) in [5, 5.41) is 0. The fourth-order valence-electron chi connectivity index (χ4n) is 2.47. The van der Waals surface area contributed by atoms with E-state index in [0.717, 1.165) is 18.8 Å². The number of nitrogens with two attached hydrogens (primary N) is 2. The predicted molar refractivity (Wildman–Crippen MR) is 82.4 cm³/mol. The molecule has 0 saturated carbocycles. The van der Waals surface area contributed by atoms with Gasteiger partial charge in [-0.2, -0.15) is 0 Å². The lowest BCUT2D eigenvalue weighted by atomic mass is 9.93. The number of unbranched alkanes of at least 4 members (excludes halogenated alkanes) is 4. The summed E-state index contributed by atoms with van der Waals surface area (Å²) in [6, 6.07) is 0. The maximum Gasteiger partial charge on any atom is 0.0636 e. The SMILES string of the molecule is CCCCCC(N)(N)CCCCC(C)CCCC. The molecule has 0 rings (SSSR count). The average molecular weight is 256 g/mol. The van der Waals surface area contributed by atoms with Gasteiger partial charge in [-0.05, 0) is 18.8 Å². The van der Waals surface area contributed by atoms with Gasteiger partial charge in [-0.1, -0.05) is 78.6 Å². The van der Waals surface area contributed by atoms with Crippen molar-refractivity contribution in [3.05, 3.63) is 0 Å². The number of rotatable bonds is 12. The first-order valence-corrected chi connectivity index (χ1v) is 8.09. The molecule has 0 radical (unpaired) electrons. The maximum absolute atomic E-state index is 6.13. The van der Waals surface area contributed by atoms with Crippen LogP contribution in [0.25, 0.3) is 0 Å². The van der Waals surface area contributed by atoms with Crippen molar-refractivity contribution < 1.29 is 0 Å². The molecule has 0 aromatic rings. The van der Waals surface area contributed by atoms with Gasteiger partial charge in [0, 0.05) is 0 Å². The normalized spacial score (nSPS) is 13.8. The van der Waals surface area contributed by atoms with Crippen LogP contribution in [0.5, 0.6) is 0 Å². The highest BCUT2D eigenvalue weighted by molar-refractivity contribution is 4.76. The largest absolute Gasteiger partial charge is 0.313 e.